The van der Waals surface area contributed by atoms with E-state index in [1.807, 2.05) is 13.8 Å². The molecule has 0 radical (unpaired) electrons. The smallest absolute Gasteiger partial charge is 0.251 e. The van der Waals surface area contributed by atoms with Crippen molar-refractivity contribution in [3.63, 3.8) is 0 Å². The highest BCUT2D eigenvalue weighted by Crippen LogP contribution is 2.17. The Hall–Kier alpha value is -1.62. The summed E-state index contributed by atoms with van der Waals surface area (Å²) < 4.78 is 18.7. The normalized spacial score (nSPS) is 12.2. The van der Waals surface area contributed by atoms with Crippen molar-refractivity contribution in [2.24, 2.45) is 0 Å². The summed E-state index contributed by atoms with van der Waals surface area (Å²) >= 11 is 0. The van der Waals surface area contributed by atoms with Crippen molar-refractivity contribution in [2.75, 3.05) is 18.9 Å². The molecule has 3 N–H and O–H groups in total. The lowest BCUT2D eigenvalue weighted by Crippen LogP contribution is -2.32. The molecule has 0 saturated heterocycles. The van der Waals surface area contributed by atoms with Gasteiger partial charge in [-0.15, -0.1) is 0 Å². The molecule has 1 atom stereocenters. The Labute approximate surface area is 106 Å². The van der Waals surface area contributed by atoms with Crippen LogP contribution in [0.2, 0.25) is 0 Å². The predicted octanol–water partition coefficient (Wildman–Crippen LogP) is 1.87. The Morgan fingerprint density at radius 2 is 2.22 bits per heavy atom. The quantitative estimate of drug-likeness (QED) is 0.788. The first-order chi connectivity index (χ1) is 8.45. The van der Waals surface area contributed by atoms with Crippen LogP contribution in [-0.2, 0) is 4.74 Å². The molecule has 0 aliphatic carbocycles. The van der Waals surface area contributed by atoms with E-state index in [9.17, 15) is 9.18 Å². The number of carbonyl (C=O) groups excluding carboxylic acids is 1. The molecule has 100 valence electrons. The summed E-state index contributed by atoms with van der Waals surface area (Å²) in [5.41, 5.74) is 6.47. The number of nitrogen functional groups attached to an aromatic ring is 1. The van der Waals surface area contributed by atoms with E-state index in [-0.39, 0.29) is 23.3 Å². The Bertz CT molecular complexity index is 412. The zero-order valence-electron chi connectivity index (χ0n) is 10.9. The number of hydrogen-bond donors (Lipinski definition) is 2. The van der Waals surface area contributed by atoms with Crippen LogP contribution in [0.5, 0.6) is 0 Å². The fraction of sp³-hybridized carbons (Fsp3) is 0.462. The molecule has 0 heterocycles. The molecule has 0 fully saturated rings. The van der Waals surface area contributed by atoms with Crippen molar-refractivity contribution in [1.82, 2.24) is 5.32 Å². The maximum absolute atomic E-state index is 13.4. The van der Waals surface area contributed by atoms with Crippen LogP contribution in [0, 0.1) is 12.7 Å². The van der Waals surface area contributed by atoms with Gasteiger partial charge in [0.1, 0.15) is 5.82 Å². The second-order valence-corrected chi connectivity index (χ2v) is 4.15. The van der Waals surface area contributed by atoms with E-state index >= 15 is 0 Å². The number of benzene rings is 1. The average Bonchev–Trinajstić information content (AvgIpc) is 2.32. The summed E-state index contributed by atoms with van der Waals surface area (Å²) in [6, 6.07) is 2.66. The molecule has 0 aliphatic rings. The molecule has 1 unspecified atom stereocenters. The summed E-state index contributed by atoms with van der Waals surface area (Å²) in [5, 5.41) is 2.67. The van der Waals surface area contributed by atoms with Gasteiger partial charge in [-0.3, -0.25) is 4.79 Å². The minimum absolute atomic E-state index is 0.0772. The number of nitrogens with one attached hydrogen (secondary N) is 1. The minimum Gasteiger partial charge on any atom is -0.398 e. The third-order valence-electron chi connectivity index (χ3n) is 2.65. The van der Waals surface area contributed by atoms with E-state index in [0.29, 0.717) is 18.7 Å². The Kier molecular flexibility index (Phi) is 5.09. The van der Waals surface area contributed by atoms with Gasteiger partial charge in [0, 0.05) is 30.0 Å². The van der Waals surface area contributed by atoms with E-state index in [4.69, 9.17) is 10.5 Å². The second-order valence-electron chi connectivity index (χ2n) is 4.15. The second kappa shape index (κ2) is 6.35. The standard InChI is InChI=1S/C13H19FN2O2/c1-4-18-8(2)7-16-13(17)10-5-11(14)9(3)12(15)6-10/h5-6,8H,4,7,15H2,1-3H3,(H,16,17). The maximum Gasteiger partial charge on any atom is 0.251 e. The van der Waals surface area contributed by atoms with Crippen LogP contribution in [-0.4, -0.2) is 25.2 Å². The molecular formula is C13H19FN2O2. The highest BCUT2D eigenvalue weighted by Gasteiger charge is 2.12. The van der Waals surface area contributed by atoms with Crippen LogP contribution in [0.3, 0.4) is 0 Å². The van der Waals surface area contributed by atoms with Gasteiger partial charge in [0.05, 0.1) is 6.10 Å². The number of rotatable bonds is 5. The highest BCUT2D eigenvalue weighted by molar-refractivity contribution is 5.95. The van der Waals surface area contributed by atoms with Gasteiger partial charge in [0.2, 0.25) is 0 Å². The number of hydrogen-bond acceptors (Lipinski definition) is 3. The molecule has 1 rings (SSSR count). The molecule has 0 spiro atoms. The molecular weight excluding hydrogens is 235 g/mol. The van der Waals surface area contributed by atoms with Crippen LogP contribution in [0.15, 0.2) is 12.1 Å². The molecule has 0 aromatic heterocycles. The van der Waals surface area contributed by atoms with Crippen LogP contribution in [0.1, 0.15) is 29.8 Å². The van der Waals surface area contributed by atoms with Crippen molar-refractivity contribution in [1.29, 1.82) is 0 Å². The first-order valence-electron chi connectivity index (χ1n) is 5.91. The fourth-order valence-electron chi connectivity index (χ4n) is 1.51. The van der Waals surface area contributed by atoms with Gasteiger partial charge in [-0.05, 0) is 32.9 Å². The largest absolute Gasteiger partial charge is 0.398 e. The number of ether oxygens (including phenoxy) is 1. The fourth-order valence-corrected chi connectivity index (χ4v) is 1.51. The van der Waals surface area contributed by atoms with Gasteiger partial charge in [-0.2, -0.15) is 0 Å². The van der Waals surface area contributed by atoms with E-state index in [1.54, 1.807) is 6.92 Å². The highest BCUT2D eigenvalue weighted by atomic mass is 19.1. The lowest BCUT2D eigenvalue weighted by molar-refractivity contribution is 0.0695. The van der Waals surface area contributed by atoms with Crippen LogP contribution in [0.25, 0.3) is 0 Å². The summed E-state index contributed by atoms with van der Waals surface area (Å²) in [6.07, 6.45) is -0.0772. The Morgan fingerprint density at radius 3 is 2.78 bits per heavy atom. The van der Waals surface area contributed by atoms with Crippen molar-refractivity contribution in [3.8, 4) is 0 Å². The van der Waals surface area contributed by atoms with E-state index < -0.39 is 5.82 Å². The first-order valence-corrected chi connectivity index (χ1v) is 5.91. The van der Waals surface area contributed by atoms with Gasteiger partial charge >= 0.3 is 0 Å². The van der Waals surface area contributed by atoms with Crippen molar-refractivity contribution in [3.05, 3.63) is 29.1 Å². The number of halogens is 1. The summed E-state index contributed by atoms with van der Waals surface area (Å²) in [4.78, 5) is 11.8. The summed E-state index contributed by atoms with van der Waals surface area (Å²) in [6.45, 7) is 6.27. The third-order valence-corrected chi connectivity index (χ3v) is 2.65. The number of anilines is 1. The minimum atomic E-state index is -0.474. The van der Waals surface area contributed by atoms with Crippen LogP contribution in [0.4, 0.5) is 10.1 Å². The van der Waals surface area contributed by atoms with E-state index in [1.165, 1.54) is 12.1 Å². The lowest BCUT2D eigenvalue weighted by Gasteiger charge is -2.13. The zero-order chi connectivity index (χ0) is 13.7. The molecule has 0 bridgehead atoms. The average molecular weight is 254 g/mol. The van der Waals surface area contributed by atoms with E-state index in [2.05, 4.69) is 5.32 Å². The van der Waals surface area contributed by atoms with Crippen LogP contribution >= 0.6 is 0 Å². The van der Waals surface area contributed by atoms with Crippen molar-refractivity contribution in [2.45, 2.75) is 26.9 Å². The van der Waals surface area contributed by atoms with Gasteiger partial charge in [0.25, 0.3) is 5.91 Å². The molecule has 18 heavy (non-hydrogen) atoms. The summed E-state index contributed by atoms with van der Waals surface area (Å²) in [7, 11) is 0. The molecule has 4 nitrogen and oxygen atoms in total. The number of carbonyl (C=O) groups is 1. The lowest BCUT2D eigenvalue weighted by atomic mass is 10.1. The SMILES string of the molecule is CCOC(C)CNC(=O)c1cc(N)c(C)c(F)c1. The van der Waals surface area contributed by atoms with E-state index in [0.717, 1.165) is 0 Å². The molecule has 1 amide bonds. The van der Waals surface area contributed by atoms with Gasteiger partial charge in [-0.1, -0.05) is 0 Å². The van der Waals surface area contributed by atoms with Gasteiger partial charge in [-0.25, -0.2) is 4.39 Å². The van der Waals surface area contributed by atoms with Crippen molar-refractivity contribution < 1.29 is 13.9 Å². The Morgan fingerprint density at radius 1 is 1.56 bits per heavy atom. The molecule has 1 aromatic rings. The maximum atomic E-state index is 13.4. The third kappa shape index (κ3) is 3.70. The monoisotopic (exact) mass is 254 g/mol. The first kappa shape index (κ1) is 14.4. The zero-order valence-corrected chi connectivity index (χ0v) is 10.9. The van der Waals surface area contributed by atoms with Gasteiger partial charge in [0.15, 0.2) is 0 Å². The van der Waals surface area contributed by atoms with Crippen LogP contribution < -0.4 is 11.1 Å². The molecule has 0 saturated carbocycles. The topological polar surface area (TPSA) is 64.3 Å². The number of amides is 1. The van der Waals surface area contributed by atoms with Gasteiger partial charge < -0.3 is 15.8 Å². The Balaban J connectivity index is 2.67. The number of nitrogens with two attached hydrogens (primary N) is 1. The summed E-state index contributed by atoms with van der Waals surface area (Å²) in [5.74, 6) is -0.829. The molecule has 5 heteroatoms. The molecule has 1 aromatic carbocycles. The molecule has 0 aliphatic heterocycles. The van der Waals surface area contributed by atoms with Crippen molar-refractivity contribution >= 4 is 11.6 Å². The predicted molar refractivity (Wildman–Crippen MR) is 69.0 cm³/mol.